The molecule has 0 radical (unpaired) electrons. The third kappa shape index (κ3) is 3.10. The van der Waals surface area contributed by atoms with Crippen LogP contribution >= 0.6 is 0 Å². The molecular weight excluding hydrogens is 224 g/mol. The van der Waals surface area contributed by atoms with E-state index < -0.39 is 0 Å². The molecule has 0 amide bonds. The van der Waals surface area contributed by atoms with E-state index in [4.69, 9.17) is 0 Å². The van der Waals surface area contributed by atoms with Gasteiger partial charge in [-0.2, -0.15) is 5.10 Å². The molecule has 1 fully saturated rings. The molecular formula is C14H26N4. The molecule has 4 nitrogen and oxygen atoms in total. The zero-order valence-electron chi connectivity index (χ0n) is 11.9. The van der Waals surface area contributed by atoms with Crippen molar-refractivity contribution in [3.05, 3.63) is 12.2 Å². The minimum Gasteiger partial charge on any atom is -0.317 e. The highest BCUT2D eigenvalue weighted by Gasteiger charge is 2.30. The highest BCUT2D eigenvalue weighted by molar-refractivity contribution is 4.93. The van der Waals surface area contributed by atoms with E-state index in [-0.39, 0.29) is 0 Å². The maximum atomic E-state index is 4.37. The van der Waals surface area contributed by atoms with Gasteiger partial charge >= 0.3 is 0 Å². The van der Waals surface area contributed by atoms with E-state index in [9.17, 15) is 0 Å². The minimum atomic E-state index is 0.648. The van der Waals surface area contributed by atoms with Crippen molar-refractivity contribution in [2.24, 2.45) is 18.9 Å². The highest BCUT2D eigenvalue weighted by Crippen LogP contribution is 2.33. The standard InChI is InChI=1S/C14H26N4/c1-4-5-11-6-7-13(15-2)12(8-11)9-14-16-10-17-18(14)3/h10-13,15H,4-9H2,1-3H3. The van der Waals surface area contributed by atoms with Crippen LogP contribution in [0.3, 0.4) is 0 Å². The normalized spacial score (nSPS) is 28.5. The van der Waals surface area contributed by atoms with Crippen LogP contribution in [0.1, 0.15) is 44.9 Å². The Labute approximate surface area is 110 Å². The molecule has 1 aliphatic rings. The van der Waals surface area contributed by atoms with Crippen LogP contribution in [0.4, 0.5) is 0 Å². The molecule has 0 spiro atoms. The summed E-state index contributed by atoms with van der Waals surface area (Å²) < 4.78 is 1.91. The minimum absolute atomic E-state index is 0.648. The van der Waals surface area contributed by atoms with Gasteiger partial charge in [0.05, 0.1) is 0 Å². The summed E-state index contributed by atoms with van der Waals surface area (Å²) in [6.07, 6.45) is 9.44. The number of rotatable bonds is 5. The Kier molecular flexibility index (Phi) is 4.75. The first-order valence-electron chi connectivity index (χ1n) is 7.24. The lowest BCUT2D eigenvalue weighted by molar-refractivity contribution is 0.197. The van der Waals surface area contributed by atoms with Gasteiger partial charge in [0.15, 0.2) is 0 Å². The Hall–Kier alpha value is -0.900. The fourth-order valence-electron chi connectivity index (χ4n) is 3.38. The van der Waals surface area contributed by atoms with Gasteiger partial charge < -0.3 is 5.32 Å². The molecule has 4 heteroatoms. The molecule has 0 aromatic carbocycles. The first kappa shape index (κ1) is 13.5. The molecule has 3 atom stereocenters. The van der Waals surface area contributed by atoms with Crippen molar-refractivity contribution < 1.29 is 0 Å². The van der Waals surface area contributed by atoms with Gasteiger partial charge in [-0.1, -0.05) is 19.8 Å². The number of hydrogen-bond acceptors (Lipinski definition) is 3. The first-order chi connectivity index (χ1) is 8.74. The molecule has 102 valence electrons. The van der Waals surface area contributed by atoms with Gasteiger partial charge in [-0.15, -0.1) is 0 Å². The molecule has 1 aliphatic carbocycles. The molecule has 1 aromatic heterocycles. The zero-order valence-corrected chi connectivity index (χ0v) is 11.9. The monoisotopic (exact) mass is 250 g/mol. The summed E-state index contributed by atoms with van der Waals surface area (Å²) in [4.78, 5) is 4.37. The van der Waals surface area contributed by atoms with E-state index >= 15 is 0 Å². The number of nitrogens with one attached hydrogen (secondary N) is 1. The second-order valence-corrected chi connectivity index (χ2v) is 5.63. The predicted molar refractivity (Wildman–Crippen MR) is 73.3 cm³/mol. The summed E-state index contributed by atoms with van der Waals surface area (Å²) in [5.74, 6) is 2.75. The largest absolute Gasteiger partial charge is 0.317 e. The van der Waals surface area contributed by atoms with Crippen molar-refractivity contribution >= 4 is 0 Å². The summed E-state index contributed by atoms with van der Waals surface area (Å²) in [6, 6.07) is 0.648. The van der Waals surface area contributed by atoms with Crippen molar-refractivity contribution in [3.63, 3.8) is 0 Å². The predicted octanol–water partition coefficient (Wildman–Crippen LogP) is 2.16. The van der Waals surface area contributed by atoms with E-state index in [2.05, 4.69) is 29.4 Å². The molecule has 1 saturated carbocycles. The van der Waals surface area contributed by atoms with E-state index in [0.29, 0.717) is 12.0 Å². The maximum Gasteiger partial charge on any atom is 0.138 e. The molecule has 1 heterocycles. The SMILES string of the molecule is CCCC1CCC(NC)C(Cc2ncnn2C)C1. The van der Waals surface area contributed by atoms with Gasteiger partial charge in [0.1, 0.15) is 12.2 Å². The molecule has 3 unspecified atom stereocenters. The second kappa shape index (κ2) is 6.32. The molecule has 2 rings (SSSR count). The van der Waals surface area contributed by atoms with Gasteiger partial charge in [0.25, 0.3) is 0 Å². The lowest BCUT2D eigenvalue weighted by atomic mass is 9.75. The Balaban J connectivity index is 2.00. The highest BCUT2D eigenvalue weighted by atomic mass is 15.3. The Morgan fingerprint density at radius 2 is 2.28 bits per heavy atom. The second-order valence-electron chi connectivity index (χ2n) is 5.63. The topological polar surface area (TPSA) is 42.7 Å². The first-order valence-corrected chi connectivity index (χ1v) is 7.24. The van der Waals surface area contributed by atoms with Crippen molar-refractivity contribution in [1.82, 2.24) is 20.1 Å². The van der Waals surface area contributed by atoms with Gasteiger partial charge in [-0.25, -0.2) is 4.98 Å². The van der Waals surface area contributed by atoms with Crippen LogP contribution in [-0.4, -0.2) is 27.9 Å². The molecule has 0 saturated heterocycles. The van der Waals surface area contributed by atoms with Crippen molar-refractivity contribution in [2.75, 3.05) is 7.05 Å². The van der Waals surface area contributed by atoms with E-state index in [1.54, 1.807) is 6.33 Å². The average molecular weight is 250 g/mol. The van der Waals surface area contributed by atoms with Crippen LogP contribution in [-0.2, 0) is 13.5 Å². The lowest BCUT2D eigenvalue weighted by Gasteiger charge is -2.36. The molecule has 1 aromatic rings. The van der Waals surface area contributed by atoms with Gasteiger partial charge in [-0.3, -0.25) is 4.68 Å². The van der Waals surface area contributed by atoms with Crippen molar-refractivity contribution in [1.29, 1.82) is 0 Å². The van der Waals surface area contributed by atoms with Crippen molar-refractivity contribution in [2.45, 2.75) is 51.5 Å². The molecule has 0 aliphatic heterocycles. The summed E-state index contributed by atoms with van der Waals surface area (Å²) in [6.45, 7) is 2.29. The van der Waals surface area contributed by atoms with Crippen LogP contribution in [0.15, 0.2) is 6.33 Å². The number of hydrogen-bond donors (Lipinski definition) is 1. The summed E-state index contributed by atoms with van der Waals surface area (Å²) in [5, 5.41) is 7.66. The van der Waals surface area contributed by atoms with Crippen LogP contribution in [0.25, 0.3) is 0 Å². The number of nitrogens with zero attached hydrogens (tertiary/aromatic N) is 3. The quantitative estimate of drug-likeness (QED) is 0.871. The lowest BCUT2D eigenvalue weighted by Crippen LogP contribution is -2.40. The number of aromatic nitrogens is 3. The maximum absolute atomic E-state index is 4.37. The van der Waals surface area contributed by atoms with Crippen LogP contribution < -0.4 is 5.32 Å². The molecule has 0 bridgehead atoms. The third-order valence-electron chi connectivity index (χ3n) is 4.41. The Morgan fingerprint density at radius 3 is 2.89 bits per heavy atom. The van der Waals surface area contributed by atoms with E-state index in [1.807, 2.05) is 11.7 Å². The summed E-state index contributed by atoms with van der Waals surface area (Å²) in [5.41, 5.74) is 0. The van der Waals surface area contributed by atoms with Crippen molar-refractivity contribution in [3.8, 4) is 0 Å². The fraction of sp³-hybridized carbons (Fsp3) is 0.857. The van der Waals surface area contributed by atoms with E-state index in [1.165, 1.54) is 32.1 Å². The van der Waals surface area contributed by atoms with Crippen LogP contribution in [0.2, 0.25) is 0 Å². The Bertz CT molecular complexity index is 360. The fourth-order valence-corrected chi connectivity index (χ4v) is 3.38. The van der Waals surface area contributed by atoms with Crippen LogP contribution in [0.5, 0.6) is 0 Å². The third-order valence-corrected chi connectivity index (χ3v) is 4.41. The molecule has 1 N–H and O–H groups in total. The molecule has 18 heavy (non-hydrogen) atoms. The summed E-state index contributed by atoms with van der Waals surface area (Å²) >= 11 is 0. The van der Waals surface area contributed by atoms with E-state index in [0.717, 1.165) is 18.2 Å². The smallest absolute Gasteiger partial charge is 0.138 e. The van der Waals surface area contributed by atoms with Gasteiger partial charge in [0.2, 0.25) is 0 Å². The van der Waals surface area contributed by atoms with Gasteiger partial charge in [-0.05, 0) is 38.1 Å². The number of aryl methyl sites for hydroxylation is 1. The summed E-state index contributed by atoms with van der Waals surface area (Å²) in [7, 11) is 4.08. The average Bonchev–Trinajstić information content (AvgIpc) is 2.76. The Morgan fingerprint density at radius 1 is 1.44 bits per heavy atom. The van der Waals surface area contributed by atoms with Crippen LogP contribution in [0, 0.1) is 11.8 Å². The zero-order chi connectivity index (χ0) is 13.0. The van der Waals surface area contributed by atoms with Gasteiger partial charge in [0, 0.05) is 19.5 Å².